The molecular formula is C47H41IrN4. The maximum atomic E-state index is 4.49. The molecule has 0 spiro atoms. The van der Waals surface area contributed by atoms with E-state index in [1.165, 1.54) is 44.9 Å². The Morgan fingerprint density at radius 3 is 1.79 bits per heavy atom. The molecule has 0 saturated carbocycles. The van der Waals surface area contributed by atoms with Gasteiger partial charge in [0.05, 0.1) is 5.82 Å². The van der Waals surface area contributed by atoms with Crippen LogP contribution in [0.2, 0.25) is 0 Å². The molecule has 7 aromatic rings. The molecule has 8 rings (SSSR count). The fourth-order valence-electron chi connectivity index (χ4n) is 6.58. The summed E-state index contributed by atoms with van der Waals surface area (Å²) in [6.45, 7) is 11.0. The molecule has 258 valence electrons. The van der Waals surface area contributed by atoms with Crippen molar-refractivity contribution in [3.8, 4) is 17.1 Å². The van der Waals surface area contributed by atoms with Crippen molar-refractivity contribution < 1.29 is 20.1 Å². The van der Waals surface area contributed by atoms with E-state index in [1.54, 1.807) is 0 Å². The molecule has 1 aromatic heterocycles. The summed E-state index contributed by atoms with van der Waals surface area (Å²) in [6, 6.07) is 59.0. The molecule has 0 amide bonds. The van der Waals surface area contributed by atoms with E-state index in [9.17, 15) is 0 Å². The van der Waals surface area contributed by atoms with E-state index in [0.29, 0.717) is 5.92 Å². The van der Waals surface area contributed by atoms with Gasteiger partial charge in [-0.25, -0.2) is 0 Å². The molecule has 0 unspecified atom stereocenters. The third kappa shape index (κ3) is 7.57. The maximum absolute atomic E-state index is 4.49. The van der Waals surface area contributed by atoms with Crippen LogP contribution in [0, 0.1) is 32.6 Å². The normalized spacial score (nSPS) is 12.4. The molecule has 0 atom stereocenters. The molecule has 0 fully saturated rings. The average Bonchev–Trinajstić information content (AvgIpc) is 3.83. The Kier molecular flexibility index (Phi) is 11.7. The molecule has 1 aliphatic heterocycles. The predicted molar refractivity (Wildman–Crippen MR) is 212 cm³/mol. The van der Waals surface area contributed by atoms with E-state index in [0.717, 1.165) is 22.8 Å². The van der Waals surface area contributed by atoms with Crippen molar-refractivity contribution >= 4 is 22.8 Å². The van der Waals surface area contributed by atoms with E-state index in [1.807, 2.05) is 48.8 Å². The van der Waals surface area contributed by atoms with Gasteiger partial charge in [0.15, 0.2) is 0 Å². The number of hydrogen-bond acceptors (Lipinski definition) is 3. The first kappa shape index (κ1) is 36.3. The average molecular weight is 854 g/mol. The van der Waals surface area contributed by atoms with Crippen LogP contribution in [-0.2, 0) is 20.1 Å². The maximum Gasteiger partial charge on any atom is 3.00 e. The van der Waals surface area contributed by atoms with Crippen molar-refractivity contribution in [3.05, 3.63) is 211 Å². The third-order valence-corrected chi connectivity index (χ3v) is 9.13. The van der Waals surface area contributed by atoms with Gasteiger partial charge >= 0.3 is 20.1 Å². The van der Waals surface area contributed by atoms with E-state index in [-0.39, 0.29) is 20.1 Å². The molecule has 4 nitrogen and oxygen atoms in total. The zero-order valence-electron chi connectivity index (χ0n) is 29.9. The Labute approximate surface area is 322 Å². The van der Waals surface area contributed by atoms with E-state index >= 15 is 0 Å². The summed E-state index contributed by atoms with van der Waals surface area (Å²) in [5.74, 6) is 1.40. The molecule has 1 aliphatic rings. The minimum absolute atomic E-state index is 0. The van der Waals surface area contributed by atoms with Crippen molar-refractivity contribution in [2.45, 2.75) is 33.6 Å². The van der Waals surface area contributed by atoms with Gasteiger partial charge in [0.25, 0.3) is 0 Å². The number of rotatable bonds is 7. The van der Waals surface area contributed by atoms with E-state index in [4.69, 9.17) is 0 Å². The summed E-state index contributed by atoms with van der Waals surface area (Å²) < 4.78 is 2.14. The number of aryl methyl sites for hydroxylation is 2. The predicted octanol–water partition coefficient (Wildman–Crippen LogP) is 11.5. The van der Waals surface area contributed by atoms with Crippen LogP contribution in [0.3, 0.4) is 0 Å². The second-order valence-electron chi connectivity index (χ2n) is 12.9. The zero-order valence-corrected chi connectivity index (χ0v) is 32.3. The number of aromatic nitrogens is 2. The zero-order chi connectivity index (χ0) is 35.2. The van der Waals surface area contributed by atoms with Gasteiger partial charge in [-0.2, -0.15) is 30.3 Å². The monoisotopic (exact) mass is 854 g/mol. The second-order valence-corrected chi connectivity index (χ2v) is 12.9. The first-order valence-electron chi connectivity index (χ1n) is 17.4. The van der Waals surface area contributed by atoms with Gasteiger partial charge in [-0.05, 0) is 54.7 Å². The summed E-state index contributed by atoms with van der Waals surface area (Å²) in [6.07, 6.45) is 3.85. The quantitative estimate of drug-likeness (QED) is 0.149. The fourth-order valence-corrected chi connectivity index (χ4v) is 6.58. The molecule has 5 heteroatoms. The van der Waals surface area contributed by atoms with Gasteiger partial charge in [0.2, 0.25) is 0 Å². The van der Waals surface area contributed by atoms with Crippen LogP contribution in [-0.4, -0.2) is 9.55 Å². The Bertz CT molecular complexity index is 2140. The van der Waals surface area contributed by atoms with Gasteiger partial charge in [0.1, 0.15) is 0 Å². The summed E-state index contributed by atoms with van der Waals surface area (Å²) in [5, 5.41) is 0. The SMILES string of the molecule is CC(C)c1ccccc1-n1ccnc1-c1[c-]cccc1.Cc1ccccc1C1=C(c2ccccc2C)N(c2ccccc2)[CH-]N1c1[c-]cccc1.[Ir+3]. The molecule has 0 aliphatic carbocycles. The largest absolute Gasteiger partial charge is 3.00 e. The summed E-state index contributed by atoms with van der Waals surface area (Å²) in [4.78, 5) is 9.05. The van der Waals surface area contributed by atoms with Gasteiger partial charge in [-0.3, -0.25) is 4.98 Å². The second kappa shape index (κ2) is 16.7. The number of nitrogens with zero attached hydrogens (tertiary/aromatic N) is 4. The summed E-state index contributed by atoms with van der Waals surface area (Å²) >= 11 is 0. The smallest absolute Gasteiger partial charge is 0.493 e. The number of para-hydroxylation sites is 3. The number of anilines is 2. The van der Waals surface area contributed by atoms with Crippen molar-refractivity contribution in [2.24, 2.45) is 0 Å². The topological polar surface area (TPSA) is 24.3 Å². The number of imidazole rings is 1. The van der Waals surface area contributed by atoms with Crippen LogP contribution in [0.5, 0.6) is 0 Å². The van der Waals surface area contributed by atoms with E-state index < -0.39 is 0 Å². The van der Waals surface area contributed by atoms with Gasteiger partial charge in [-0.1, -0.05) is 98.8 Å². The Morgan fingerprint density at radius 1 is 0.596 bits per heavy atom. The number of hydrogen-bond donors (Lipinski definition) is 0. The Morgan fingerprint density at radius 2 is 1.17 bits per heavy atom. The van der Waals surface area contributed by atoms with E-state index in [2.05, 4.69) is 181 Å². The molecule has 0 saturated heterocycles. The molecule has 6 aromatic carbocycles. The van der Waals surface area contributed by atoms with Gasteiger partial charge in [-0.15, -0.1) is 48.3 Å². The van der Waals surface area contributed by atoms with Crippen LogP contribution in [0.25, 0.3) is 28.5 Å². The summed E-state index contributed by atoms with van der Waals surface area (Å²) in [5.41, 5.74) is 12.9. The van der Waals surface area contributed by atoms with Crippen molar-refractivity contribution in [1.29, 1.82) is 0 Å². The standard InChI is InChI=1S/C29H24N2.C18H17N2.Ir/c1-22-13-9-11-19-26(22)28-29(27-20-12-10-14-23(27)2)31(25-17-7-4-8-18-25)21-30(28)24-15-5-3-6-16-24;1-14(2)16-10-6-7-11-17(16)20-13-12-19-18(20)15-8-4-3-5-9-15;/h3-17,19-21H,1-2H3;3-8,10-14H,1-2H3;/q-2;-1;+3. The molecule has 0 bridgehead atoms. The first-order chi connectivity index (χ1) is 25.0. The summed E-state index contributed by atoms with van der Waals surface area (Å²) in [7, 11) is 0. The van der Waals surface area contributed by atoms with Crippen molar-refractivity contribution in [3.63, 3.8) is 0 Å². The van der Waals surface area contributed by atoms with Gasteiger partial charge < -0.3 is 14.4 Å². The van der Waals surface area contributed by atoms with Crippen molar-refractivity contribution in [1.82, 2.24) is 9.55 Å². The molecule has 0 radical (unpaired) electrons. The minimum atomic E-state index is 0. The van der Waals surface area contributed by atoms with Crippen molar-refractivity contribution in [2.75, 3.05) is 9.80 Å². The Balaban J connectivity index is 0.000000192. The minimum Gasteiger partial charge on any atom is -0.493 e. The Hall–Kier alpha value is -5.48. The fraction of sp³-hybridized carbons (Fsp3) is 0.106. The van der Waals surface area contributed by atoms with Crippen LogP contribution in [0.15, 0.2) is 164 Å². The van der Waals surface area contributed by atoms with Crippen LogP contribution >= 0.6 is 0 Å². The van der Waals surface area contributed by atoms with Gasteiger partial charge in [0, 0.05) is 46.3 Å². The van der Waals surface area contributed by atoms with Crippen LogP contribution in [0.1, 0.15) is 47.6 Å². The number of benzene rings is 6. The van der Waals surface area contributed by atoms with Crippen LogP contribution in [0.4, 0.5) is 11.4 Å². The third-order valence-electron chi connectivity index (χ3n) is 9.13. The van der Waals surface area contributed by atoms with Crippen LogP contribution < -0.4 is 9.80 Å². The molecule has 2 heterocycles. The molecule has 0 N–H and O–H groups in total. The molecular weight excluding hydrogens is 813 g/mol. The first-order valence-corrected chi connectivity index (χ1v) is 17.4. The molecule has 52 heavy (non-hydrogen) atoms.